The van der Waals surface area contributed by atoms with Crippen LogP contribution < -0.4 is 5.73 Å². The van der Waals surface area contributed by atoms with Crippen LogP contribution in [0, 0.1) is 0 Å². The van der Waals surface area contributed by atoms with Crippen LogP contribution in [0.2, 0.25) is 0 Å². The van der Waals surface area contributed by atoms with Crippen molar-refractivity contribution in [3.63, 3.8) is 0 Å². The second-order valence-electron chi connectivity index (χ2n) is 4.92. The summed E-state index contributed by atoms with van der Waals surface area (Å²) in [6.45, 7) is 0. The summed E-state index contributed by atoms with van der Waals surface area (Å²) in [6, 6.07) is 23.0. The molecule has 3 aromatic rings. The van der Waals surface area contributed by atoms with Gasteiger partial charge >= 0.3 is 0 Å². The van der Waals surface area contributed by atoms with E-state index in [2.05, 4.69) is 76.6 Å². The molecule has 1 unspecified atom stereocenters. The van der Waals surface area contributed by atoms with Crippen molar-refractivity contribution in [3.05, 3.63) is 76.8 Å². The lowest BCUT2D eigenvalue weighted by Gasteiger charge is -2.15. The lowest BCUT2D eigenvalue weighted by Crippen LogP contribution is -2.13. The highest BCUT2D eigenvalue weighted by Gasteiger charge is 2.11. The first-order valence-electron chi connectivity index (χ1n) is 6.86. The van der Waals surface area contributed by atoms with E-state index in [4.69, 9.17) is 5.73 Å². The molecule has 3 rings (SSSR count). The Kier molecular flexibility index (Phi) is 4.63. The van der Waals surface area contributed by atoms with Gasteiger partial charge in [-0.1, -0.05) is 54.6 Å². The van der Waals surface area contributed by atoms with Crippen molar-refractivity contribution in [2.24, 2.45) is 5.73 Å². The zero-order valence-electron chi connectivity index (χ0n) is 11.5. The lowest BCUT2D eigenvalue weighted by atomic mass is 10.0. The van der Waals surface area contributed by atoms with E-state index in [9.17, 15) is 0 Å². The van der Waals surface area contributed by atoms with E-state index in [1.807, 2.05) is 6.07 Å². The Morgan fingerprint density at radius 3 is 2.48 bits per heavy atom. The molecule has 0 heterocycles. The molecular formula is C18H16BrNS. The fraction of sp³-hybridized carbons (Fsp3) is 0.111. The molecule has 3 heteroatoms. The topological polar surface area (TPSA) is 26.0 Å². The molecule has 0 fully saturated rings. The Labute approximate surface area is 137 Å². The Morgan fingerprint density at radius 1 is 0.905 bits per heavy atom. The number of rotatable bonds is 4. The van der Waals surface area contributed by atoms with Gasteiger partial charge in [0.1, 0.15) is 0 Å². The van der Waals surface area contributed by atoms with Crippen molar-refractivity contribution in [1.29, 1.82) is 0 Å². The second-order valence-corrected chi connectivity index (χ2v) is 6.83. The third kappa shape index (κ3) is 3.31. The van der Waals surface area contributed by atoms with E-state index in [0.717, 1.165) is 10.2 Å². The van der Waals surface area contributed by atoms with Gasteiger partial charge < -0.3 is 5.73 Å². The molecule has 0 amide bonds. The highest BCUT2D eigenvalue weighted by atomic mass is 79.9. The van der Waals surface area contributed by atoms with Gasteiger partial charge in [0.25, 0.3) is 0 Å². The summed E-state index contributed by atoms with van der Waals surface area (Å²) in [5.74, 6) is 0.858. The van der Waals surface area contributed by atoms with Gasteiger partial charge in [0.05, 0.1) is 0 Å². The van der Waals surface area contributed by atoms with Crippen LogP contribution in [-0.2, 0) is 0 Å². The molecule has 0 radical (unpaired) electrons. The standard InChI is InChI=1S/C18H16BrNS/c19-16-10-3-4-11-18(16)21-12-17(20)15-9-5-7-13-6-1-2-8-14(13)15/h1-11,17H,12,20H2. The van der Waals surface area contributed by atoms with Crippen molar-refractivity contribution in [3.8, 4) is 0 Å². The zero-order chi connectivity index (χ0) is 14.7. The number of nitrogens with two attached hydrogens (primary N) is 1. The minimum absolute atomic E-state index is 0.0215. The van der Waals surface area contributed by atoms with Gasteiger partial charge in [-0.3, -0.25) is 0 Å². The average molecular weight is 358 g/mol. The molecule has 0 bridgehead atoms. The molecule has 0 aliphatic rings. The summed E-state index contributed by atoms with van der Waals surface area (Å²) >= 11 is 5.37. The van der Waals surface area contributed by atoms with Gasteiger partial charge in [-0.15, -0.1) is 11.8 Å². The average Bonchev–Trinajstić information content (AvgIpc) is 2.53. The van der Waals surface area contributed by atoms with Crippen LogP contribution in [0.3, 0.4) is 0 Å². The minimum Gasteiger partial charge on any atom is -0.323 e. The molecule has 1 atom stereocenters. The van der Waals surface area contributed by atoms with Crippen LogP contribution >= 0.6 is 27.7 Å². The summed E-state index contributed by atoms with van der Waals surface area (Å²) < 4.78 is 1.13. The van der Waals surface area contributed by atoms with Gasteiger partial charge in [0.15, 0.2) is 0 Å². The van der Waals surface area contributed by atoms with Crippen molar-refractivity contribution in [2.45, 2.75) is 10.9 Å². The molecule has 21 heavy (non-hydrogen) atoms. The Bertz CT molecular complexity index is 752. The number of hydrogen-bond acceptors (Lipinski definition) is 2. The first-order valence-corrected chi connectivity index (χ1v) is 8.64. The molecule has 106 valence electrons. The normalized spacial score (nSPS) is 12.5. The van der Waals surface area contributed by atoms with E-state index in [0.29, 0.717) is 0 Å². The van der Waals surface area contributed by atoms with Crippen LogP contribution in [0.5, 0.6) is 0 Å². The lowest BCUT2D eigenvalue weighted by molar-refractivity contribution is 0.840. The maximum Gasteiger partial charge on any atom is 0.0396 e. The van der Waals surface area contributed by atoms with E-state index in [1.54, 1.807) is 11.8 Å². The van der Waals surface area contributed by atoms with Crippen molar-refractivity contribution < 1.29 is 0 Å². The smallest absolute Gasteiger partial charge is 0.0396 e. The quantitative estimate of drug-likeness (QED) is 0.633. The second kappa shape index (κ2) is 6.65. The molecule has 2 N–H and O–H groups in total. The molecule has 0 aliphatic carbocycles. The third-order valence-corrected chi connectivity index (χ3v) is 5.62. The van der Waals surface area contributed by atoms with Gasteiger partial charge in [0, 0.05) is 21.2 Å². The molecule has 3 aromatic carbocycles. The fourth-order valence-electron chi connectivity index (χ4n) is 2.40. The molecule has 0 spiro atoms. The van der Waals surface area contributed by atoms with Crippen molar-refractivity contribution in [1.82, 2.24) is 0 Å². The van der Waals surface area contributed by atoms with Crippen LogP contribution in [0.1, 0.15) is 11.6 Å². The van der Waals surface area contributed by atoms with E-state index in [1.165, 1.54) is 21.2 Å². The predicted octanol–water partition coefficient (Wildman–Crippen LogP) is 5.39. The summed E-state index contributed by atoms with van der Waals surface area (Å²) in [5, 5.41) is 2.50. The number of halogens is 1. The summed E-state index contributed by atoms with van der Waals surface area (Å²) in [7, 11) is 0. The van der Waals surface area contributed by atoms with E-state index < -0.39 is 0 Å². The maximum absolute atomic E-state index is 6.42. The molecule has 0 saturated carbocycles. The van der Waals surface area contributed by atoms with Crippen LogP contribution in [0.4, 0.5) is 0 Å². The van der Waals surface area contributed by atoms with Crippen molar-refractivity contribution >= 4 is 38.5 Å². The van der Waals surface area contributed by atoms with Crippen molar-refractivity contribution in [2.75, 3.05) is 5.75 Å². The predicted molar refractivity (Wildman–Crippen MR) is 95.7 cm³/mol. The fourth-order valence-corrected chi connectivity index (χ4v) is 3.95. The third-order valence-electron chi connectivity index (χ3n) is 3.48. The van der Waals surface area contributed by atoms with E-state index in [-0.39, 0.29) is 6.04 Å². The van der Waals surface area contributed by atoms with E-state index >= 15 is 0 Å². The maximum atomic E-state index is 6.42. The molecule has 0 saturated heterocycles. The number of thioether (sulfide) groups is 1. The Morgan fingerprint density at radius 2 is 1.62 bits per heavy atom. The molecule has 1 nitrogen and oxygen atoms in total. The Balaban J connectivity index is 1.81. The Hall–Kier alpha value is -1.29. The highest BCUT2D eigenvalue weighted by Crippen LogP contribution is 2.31. The molecule has 0 aromatic heterocycles. The highest BCUT2D eigenvalue weighted by molar-refractivity contribution is 9.10. The summed E-state index contributed by atoms with van der Waals surface area (Å²) in [4.78, 5) is 1.23. The van der Waals surface area contributed by atoms with Gasteiger partial charge in [-0.2, -0.15) is 0 Å². The first kappa shape index (κ1) is 14.6. The first-order chi connectivity index (χ1) is 10.3. The number of fused-ring (bicyclic) bond motifs is 1. The van der Waals surface area contributed by atoms with Gasteiger partial charge in [-0.25, -0.2) is 0 Å². The summed E-state index contributed by atoms with van der Waals surface area (Å²) in [5.41, 5.74) is 7.64. The van der Waals surface area contributed by atoms with Gasteiger partial charge in [0.2, 0.25) is 0 Å². The monoisotopic (exact) mass is 357 g/mol. The minimum atomic E-state index is 0.0215. The SMILES string of the molecule is NC(CSc1ccccc1Br)c1cccc2ccccc12. The van der Waals surface area contributed by atoms with Crippen LogP contribution in [0.15, 0.2) is 76.1 Å². The van der Waals surface area contributed by atoms with Gasteiger partial charge in [-0.05, 0) is 44.4 Å². The zero-order valence-corrected chi connectivity index (χ0v) is 13.9. The number of hydrogen-bond donors (Lipinski definition) is 1. The summed E-state index contributed by atoms with van der Waals surface area (Å²) in [6.07, 6.45) is 0. The van der Waals surface area contributed by atoms with Crippen LogP contribution in [-0.4, -0.2) is 5.75 Å². The molecular weight excluding hydrogens is 342 g/mol. The van der Waals surface area contributed by atoms with Crippen LogP contribution in [0.25, 0.3) is 10.8 Å². The number of benzene rings is 3. The molecule has 0 aliphatic heterocycles. The largest absolute Gasteiger partial charge is 0.323 e.